The van der Waals surface area contributed by atoms with Gasteiger partial charge in [0.1, 0.15) is 0 Å². The second kappa shape index (κ2) is 11.7. The Hall–Kier alpha value is -2.98. The van der Waals surface area contributed by atoms with E-state index in [4.69, 9.17) is 0 Å². The highest BCUT2D eigenvalue weighted by molar-refractivity contribution is 9.10. The molecule has 2 nitrogen and oxygen atoms in total. The van der Waals surface area contributed by atoms with Gasteiger partial charge in [-0.1, -0.05) is 80.8 Å². The summed E-state index contributed by atoms with van der Waals surface area (Å²) in [6.07, 6.45) is 11.8. The van der Waals surface area contributed by atoms with E-state index in [2.05, 4.69) is 131 Å². The summed E-state index contributed by atoms with van der Waals surface area (Å²) < 4.78 is 1.22. The molecule has 0 N–H and O–H groups in total. The Labute approximate surface area is 256 Å². The van der Waals surface area contributed by atoms with Gasteiger partial charge in [0.05, 0.1) is 0 Å². The van der Waals surface area contributed by atoms with Crippen LogP contribution in [0.25, 0.3) is 11.1 Å². The van der Waals surface area contributed by atoms with Gasteiger partial charge in [0, 0.05) is 35.2 Å². The van der Waals surface area contributed by atoms with E-state index in [0.29, 0.717) is 11.7 Å². The first-order valence-corrected chi connectivity index (χ1v) is 15.7. The minimum absolute atomic E-state index is 0.193. The fourth-order valence-corrected chi connectivity index (χ4v) is 8.26. The smallest absolute Gasteiger partial charge is 0.218 e. The van der Waals surface area contributed by atoms with E-state index in [9.17, 15) is 0 Å². The first-order valence-electron chi connectivity index (χ1n) is 14.9. The van der Waals surface area contributed by atoms with Crippen LogP contribution in [0.3, 0.4) is 0 Å². The number of rotatable bonds is 5. The van der Waals surface area contributed by atoms with E-state index < -0.39 is 0 Å². The third kappa shape index (κ3) is 5.25. The summed E-state index contributed by atoms with van der Waals surface area (Å²) in [5, 5.41) is 0. The van der Waals surface area contributed by atoms with Crippen LogP contribution in [0.15, 0.2) is 69.4 Å². The number of pyridine rings is 1. The molecule has 4 heteroatoms. The van der Waals surface area contributed by atoms with E-state index >= 15 is 0 Å². The molecule has 2 aromatic carbocycles. The molecule has 0 radical (unpaired) electrons. The van der Waals surface area contributed by atoms with Crippen molar-refractivity contribution in [1.29, 1.82) is 0 Å². The number of halogens is 1. The average molecular weight is 605 g/mol. The Morgan fingerprint density at radius 2 is 1.56 bits per heavy atom. The molecular weight excluding hydrogens is 563 g/mol. The number of allylic oxidation sites excluding steroid dienone is 5. The fraction of sp³-hybridized carbons (Fsp3) is 0.351. The number of hydrogen-bond acceptors (Lipinski definition) is 2. The van der Waals surface area contributed by atoms with Crippen molar-refractivity contribution in [1.82, 2.24) is 4.98 Å². The number of nitrogens with zero attached hydrogens (tertiary/aromatic N) is 2. The van der Waals surface area contributed by atoms with Crippen LogP contribution in [0.1, 0.15) is 71.7 Å². The van der Waals surface area contributed by atoms with Gasteiger partial charge in [-0.15, -0.1) is 0 Å². The van der Waals surface area contributed by atoms with Gasteiger partial charge in [-0.2, -0.15) is 0 Å². The predicted octanol–water partition coefficient (Wildman–Crippen LogP) is 8.60. The van der Waals surface area contributed by atoms with E-state index in [1.165, 1.54) is 82.2 Å². The monoisotopic (exact) mass is 604 g/mol. The second-order valence-corrected chi connectivity index (χ2v) is 13.1. The highest BCUT2D eigenvalue weighted by Gasteiger charge is 2.41. The van der Waals surface area contributed by atoms with E-state index in [0.717, 1.165) is 13.0 Å². The van der Waals surface area contributed by atoms with Crippen molar-refractivity contribution in [3.8, 4) is 0 Å². The van der Waals surface area contributed by atoms with Crippen molar-refractivity contribution in [2.45, 2.75) is 74.6 Å². The molecule has 5 rings (SSSR count). The Balaban J connectivity index is 1.86. The largest absolute Gasteiger partial charge is 0.292 e. The molecule has 1 aliphatic heterocycles. The van der Waals surface area contributed by atoms with Crippen molar-refractivity contribution in [3.05, 3.63) is 109 Å². The van der Waals surface area contributed by atoms with E-state index in [1.807, 2.05) is 12.4 Å². The maximum Gasteiger partial charge on any atom is 0.218 e. The molecule has 2 aliphatic rings. The third-order valence-corrected chi connectivity index (χ3v) is 10.6. The van der Waals surface area contributed by atoms with Gasteiger partial charge >= 0.3 is 0 Å². The number of benzene rings is 2. The predicted molar refractivity (Wildman–Crippen MR) is 183 cm³/mol. The number of aromatic nitrogens is 1. The third-order valence-electron chi connectivity index (χ3n) is 9.41. The molecule has 0 fully saturated rings. The molecule has 41 heavy (non-hydrogen) atoms. The van der Waals surface area contributed by atoms with Crippen LogP contribution in [0.2, 0.25) is 5.82 Å². The number of dihydropyridines is 1. The second-order valence-electron chi connectivity index (χ2n) is 12.3. The molecule has 0 bridgehead atoms. The molecule has 0 amide bonds. The molecule has 0 spiro atoms. The van der Waals surface area contributed by atoms with Gasteiger partial charge in [-0.3, -0.25) is 9.98 Å². The van der Waals surface area contributed by atoms with Crippen molar-refractivity contribution in [2.24, 2.45) is 10.9 Å². The number of hydrogen-bond donors (Lipinski definition) is 0. The summed E-state index contributed by atoms with van der Waals surface area (Å²) in [6, 6.07) is 9.04. The van der Waals surface area contributed by atoms with Gasteiger partial charge in [-0.25, -0.2) is 0 Å². The zero-order chi connectivity index (χ0) is 29.6. The molecule has 0 saturated carbocycles. The van der Waals surface area contributed by atoms with Crippen LogP contribution >= 0.6 is 15.9 Å². The Kier molecular flexibility index (Phi) is 8.44. The lowest BCUT2D eigenvalue weighted by Crippen LogP contribution is -2.53. The molecule has 1 aliphatic carbocycles. The molecule has 2 unspecified atom stereocenters. The normalized spacial score (nSPS) is 18.9. The van der Waals surface area contributed by atoms with Gasteiger partial charge < -0.3 is 0 Å². The molecule has 2 atom stereocenters. The Morgan fingerprint density at radius 3 is 2.20 bits per heavy atom. The Bertz CT molecular complexity index is 1640. The first kappa shape index (κ1) is 29.5. The van der Waals surface area contributed by atoms with Crippen LogP contribution in [0.4, 0.5) is 0 Å². The standard InChI is InChI=1S/C37H42BBrN2/c1-21-16-23(3)34(27(7)32(21)30-12-10-14-40-19-30)38(36-25(5)18-26(6)37(39)29(36)9)35-24(4)17-22(2)33(28(35)8)31-13-11-15-41-20-31/h10,12-14,16-20,23,34H,11,15H2,1-9H3. The summed E-state index contributed by atoms with van der Waals surface area (Å²) in [5.41, 5.74) is 19.0. The van der Waals surface area contributed by atoms with Crippen LogP contribution in [0.5, 0.6) is 0 Å². The average Bonchev–Trinajstić information content (AvgIpc) is 2.92. The molecular formula is C37H42BBrN2. The molecule has 2 heterocycles. The molecule has 3 aromatic rings. The van der Waals surface area contributed by atoms with Crippen LogP contribution in [-0.4, -0.2) is 24.5 Å². The minimum atomic E-state index is 0.193. The van der Waals surface area contributed by atoms with Crippen molar-refractivity contribution < 1.29 is 0 Å². The van der Waals surface area contributed by atoms with Crippen LogP contribution in [-0.2, 0) is 0 Å². The maximum absolute atomic E-state index is 4.67. The lowest BCUT2D eigenvalue weighted by Gasteiger charge is -2.38. The summed E-state index contributed by atoms with van der Waals surface area (Å²) in [5.74, 6) is 0.668. The fourth-order valence-electron chi connectivity index (χ4n) is 7.93. The highest BCUT2D eigenvalue weighted by Crippen LogP contribution is 2.44. The van der Waals surface area contributed by atoms with Gasteiger partial charge in [0.25, 0.3) is 0 Å². The summed E-state index contributed by atoms with van der Waals surface area (Å²) in [6.45, 7) is 21.9. The number of aryl methyl sites for hydroxylation is 4. The molecule has 210 valence electrons. The van der Waals surface area contributed by atoms with Crippen LogP contribution < -0.4 is 10.9 Å². The summed E-state index contributed by atoms with van der Waals surface area (Å²) >= 11 is 3.98. The zero-order valence-corrected chi connectivity index (χ0v) is 27.7. The number of aliphatic imine (C=N–C) groups is 1. The summed E-state index contributed by atoms with van der Waals surface area (Å²) in [7, 11) is 0. The quantitative estimate of drug-likeness (QED) is 0.268. The zero-order valence-electron chi connectivity index (χ0n) is 26.1. The van der Waals surface area contributed by atoms with Crippen molar-refractivity contribution in [3.63, 3.8) is 0 Å². The van der Waals surface area contributed by atoms with Crippen molar-refractivity contribution in [2.75, 3.05) is 6.54 Å². The Morgan fingerprint density at radius 1 is 0.878 bits per heavy atom. The maximum atomic E-state index is 4.67. The topological polar surface area (TPSA) is 25.2 Å². The van der Waals surface area contributed by atoms with Gasteiger partial charge in [-0.05, 0) is 124 Å². The lowest BCUT2D eigenvalue weighted by molar-refractivity contribution is 0.693. The van der Waals surface area contributed by atoms with Gasteiger partial charge in [0.15, 0.2) is 0 Å². The van der Waals surface area contributed by atoms with E-state index in [1.54, 1.807) is 0 Å². The molecule has 1 aromatic heterocycles. The van der Waals surface area contributed by atoms with Crippen molar-refractivity contribution >= 4 is 50.9 Å². The highest BCUT2D eigenvalue weighted by atomic mass is 79.9. The molecule has 0 saturated heterocycles. The van der Waals surface area contributed by atoms with E-state index in [-0.39, 0.29) is 6.71 Å². The SMILES string of the molecule is CC1=CC(C)C(B(c2c(C)cc(C)c(Br)c2C)c2c(C)cc(C)c(C3=CCCN=C3)c2C)C(C)=C1c1cccnc1. The lowest BCUT2D eigenvalue weighted by atomic mass is 9.28. The summed E-state index contributed by atoms with van der Waals surface area (Å²) in [4.78, 5) is 9.17. The minimum Gasteiger partial charge on any atom is -0.292 e. The first-order chi connectivity index (χ1) is 19.5. The van der Waals surface area contributed by atoms with Gasteiger partial charge in [0.2, 0.25) is 6.71 Å². The van der Waals surface area contributed by atoms with Crippen LogP contribution in [0, 0.1) is 47.5 Å².